The number of nitrogens with one attached hydrogen (secondary N) is 1. The lowest BCUT2D eigenvalue weighted by molar-refractivity contribution is 0.139. The van der Waals surface area contributed by atoms with Gasteiger partial charge >= 0.3 is 6.03 Å². The van der Waals surface area contributed by atoms with Crippen molar-refractivity contribution >= 4 is 17.4 Å². The van der Waals surface area contributed by atoms with Crippen LogP contribution in [0.1, 0.15) is 49.5 Å². The predicted molar refractivity (Wildman–Crippen MR) is 122 cm³/mol. The van der Waals surface area contributed by atoms with Gasteiger partial charge in [0.15, 0.2) is 0 Å². The molecule has 0 saturated carbocycles. The quantitative estimate of drug-likeness (QED) is 0.663. The van der Waals surface area contributed by atoms with Gasteiger partial charge in [-0.15, -0.1) is 0 Å². The van der Waals surface area contributed by atoms with E-state index in [-0.39, 0.29) is 24.3 Å². The summed E-state index contributed by atoms with van der Waals surface area (Å²) in [6.07, 6.45) is -1.48. The van der Waals surface area contributed by atoms with Crippen molar-refractivity contribution < 1.29 is 19.4 Å². The first kappa shape index (κ1) is 22.5. The van der Waals surface area contributed by atoms with Gasteiger partial charge in [0.25, 0.3) is 0 Å². The minimum atomic E-state index is -0.871. The maximum Gasteiger partial charge on any atom is 0.340 e. The van der Waals surface area contributed by atoms with Crippen molar-refractivity contribution in [3.63, 3.8) is 0 Å². The Labute approximate surface area is 188 Å². The number of carbonyl (C=O) groups excluding carboxylic acids is 1. The summed E-state index contributed by atoms with van der Waals surface area (Å²) >= 11 is 0. The van der Waals surface area contributed by atoms with Gasteiger partial charge in [-0.1, -0.05) is 24.3 Å². The lowest BCUT2D eigenvalue weighted by atomic mass is 9.82. The van der Waals surface area contributed by atoms with E-state index in [9.17, 15) is 15.0 Å². The first-order valence-electron chi connectivity index (χ1n) is 11.1. The molecule has 3 atom stereocenters. The number of hydrogen-bond donors (Lipinski definition) is 3. The summed E-state index contributed by atoms with van der Waals surface area (Å²) < 4.78 is 15.3. The molecule has 0 aromatic heterocycles. The largest absolute Gasteiger partial charge is 0.393 e. The van der Waals surface area contributed by atoms with Crippen molar-refractivity contribution in [2.24, 2.45) is 0 Å². The zero-order valence-electron chi connectivity index (χ0n) is 18.9. The number of aliphatic hydroxyl groups excluding tert-OH is 2. The summed E-state index contributed by atoms with van der Waals surface area (Å²) in [5.41, 5.74) is 6.32. The number of amides is 2. The molecule has 2 aliphatic rings. The number of nitrogens with zero attached hydrogens (tertiary/aromatic N) is 3. The summed E-state index contributed by atoms with van der Waals surface area (Å²) in [7, 11) is 0. The number of anilines is 2. The Balaban J connectivity index is 1.78. The number of hydrazine groups is 1. The highest BCUT2D eigenvalue weighted by atomic mass is 19.1. The topological polar surface area (TPSA) is 79.3 Å². The Morgan fingerprint density at radius 2 is 1.91 bits per heavy atom. The average molecular weight is 443 g/mol. The van der Waals surface area contributed by atoms with Gasteiger partial charge in [0.1, 0.15) is 17.7 Å². The van der Waals surface area contributed by atoms with E-state index in [1.165, 1.54) is 11.0 Å². The van der Waals surface area contributed by atoms with Gasteiger partial charge in [0.05, 0.1) is 12.7 Å². The van der Waals surface area contributed by atoms with E-state index >= 15 is 4.39 Å². The molecular formula is C24H31FN4O3. The summed E-state index contributed by atoms with van der Waals surface area (Å²) in [4.78, 5) is 16.4. The number of aryl methyl sites for hydroxylation is 1. The molecule has 7 nitrogen and oxygen atoms in total. The van der Waals surface area contributed by atoms with E-state index in [2.05, 4.69) is 24.2 Å². The highest BCUT2D eigenvalue weighted by Crippen LogP contribution is 2.45. The van der Waals surface area contributed by atoms with Crippen molar-refractivity contribution in [3.8, 4) is 0 Å². The molecule has 32 heavy (non-hydrogen) atoms. The van der Waals surface area contributed by atoms with Gasteiger partial charge in [0.2, 0.25) is 0 Å². The molecule has 2 aromatic rings. The minimum Gasteiger partial charge on any atom is -0.393 e. The van der Waals surface area contributed by atoms with Crippen LogP contribution in [0.15, 0.2) is 36.4 Å². The van der Waals surface area contributed by atoms with Gasteiger partial charge in [-0.2, -0.15) is 0 Å². The monoisotopic (exact) mass is 442 g/mol. The Hall–Kier alpha value is -2.68. The summed E-state index contributed by atoms with van der Waals surface area (Å²) in [6, 6.07) is 10.6. The van der Waals surface area contributed by atoms with Crippen molar-refractivity contribution in [1.29, 1.82) is 0 Å². The van der Waals surface area contributed by atoms with Crippen molar-refractivity contribution in [3.05, 3.63) is 58.9 Å². The van der Waals surface area contributed by atoms with E-state index in [4.69, 9.17) is 0 Å². The highest BCUT2D eigenvalue weighted by Gasteiger charge is 2.40. The predicted octanol–water partition coefficient (Wildman–Crippen LogP) is 3.26. The van der Waals surface area contributed by atoms with Crippen LogP contribution in [-0.2, 0) is 0 Å². The van der Waals surface area contributed by atoms with Crippen LogP contribution in [0.2, 0.25) is 0 Å². The van der Waals surface area contributed by atoms with Crippen molar-refractivity contribution in [2.75, 3.05) is 29.6 Å². The molecule has 3 unspecified atom stereocenters. The number of aliphatic hydroxyl groups is 2. The van der Waals surface area contributed by atoms with Crippen LogP contribution >= 0.6 is 0 Å². The molecule has 1 fully saturated rings. The molecule has 8 heteroatoms. The molecule has 2 amide bonds. The standard InChI is InChI=1S/C24H31FN4O3/c1-5-27-22(13-30)26-29(24(27)32)21-11-20-17(10-19(21)25)23(31)18(12-28(20)14(2)3)16-9-7-6-8-15(16)4/h6-11,14,18,22-23,26,30-31H,5,12-13H2,1-4H3. The van der Waals surface area contributed by atoms with Gasteiger partial charge in [-0.3, -0.25) is 0 Å². The molecule has 0 radical (unpaired) electrons. The summed E-state index contributed by atoms with van der Waals surface area (Å²) in [6.45, 7) is 8.61. The Morgan fingerprint density at radius 1 is 1.19 bits per heavy atom. The van der Waals surface area contributed by atoms with Gasteiger partial charge in [-0.25, -0.2) is 19.6 Å². The van der Waals surface area contributed by atoms with E-state index in [1.54, 1.807) is 13.0 Å². The summed E-state index contributed by atoms with van der Waals surface area (Å²) in [5, 5.41) is 22.0. The maximum absolute atomic E-state index is 15.3. The lowest BCUT2D eigenvalue weighted by Gasteiger charge is -2.42. The number of halogens is 1. The van der Waals surface area contributed by atoms with Gasteiger partial charge < -0.3 is 20.0 Å². The van der Waals surface area contributed by atoms with Crippen LogP contribution in [0, 0.1) is 12.7 Å². The first-order valence-corrected chi connectivity index (χ1v) is 11.1. The molecule has 2 heterocycles. The Kier molecular flexibility index (Phi) is 6.11. The van der Waals surface area contributed by atoms with Crippen LogP contribution in [0.25, 0.3) is 0 Å². The second-order valence-corrected chi connectivity index (χ2v) is 8.75. The molecule has 1 saturated heterocycles. The molecule has 0 aliphatic carbocycles. The maximum atomic E-state index is 15.3. The van der Waals surface area contributed by atoms with Crippen LogP contribution in [-0.4, -0.2) is 53.0 Å². The van der Waals surface area contributed by atoms with Gasteiger partial charge in [-0.05, 0) is 51.0 Å². The number of urea groups is 1. The van der Waals surface area contributed by atoms with Crippen LogP contribution < -0.4 is 15.3 Å². The van der Waals surface area contributed by atoms with Gasteiger partial charge in [0, 0.05) is 36.3 Å². The SMILES string of the molecule is CCN1C(=O)N(c2cc3c(cc2F)C(O)C(c2ccccc2C)CN3C(C)C)NC1CO. The third-order valence-electron chi connectivity index (χ3n) is 6.56. The zero-order chi connectivity index (χ0) is 23.2. The third-order valence-corrected chi connectivity index (χ3v) is 6.56. The third kappa shape index (κ3) is 3.62. The number of hydrogen-bond acceptors (Lipinski definition) is 5. The fourth-order valence-corrected chi connectivity index (χ4v) is 4.81. The van der Waals surface area contributed by atoms with Crippen molar-refractivity contribution in [1.82, 2.24) is 10.3 Å². The number of rotatable bonds is 5. The average Bonchev–Trinajstić information content (AvgIpc) is 3.09. The minimum absolute atomic E-state index is 0.0790. The smallest absolute Gasteiger partial charge is 0.340 e. The molecule has 3 N–H and O–H groups in total. The van der Waals surface area contributed by atoms with Crippen LogP contribution in [0.4, 0.5) is 20.6 Å². The van der Waals surface area contributed by atoms with Crippen LogP contribution in [0.3, 0.4) is 0 Å². The Morgan fingerprint density at radius 3 is 2.50 bits per heavy atom. The van der Waals surface area contributed by atoms with E-state index < -0.39 is 24.1 Å². The summed E-state index contributed by atoms with van der Waals surface area (Å²) in [5.74, 6) is -0.801. The zero-order valence-corrected chi connectivity index (χ0v) is 18.9. The molecule has 2 aromatic carbocycles. The molecule has 0 spiro atoms. The fraction of sp³-hybridized carbons (Fsp3) is 0.458. The van der Waals surface area contributed by atoms with Crippen LogP contribution in [0.5, 0.6) is 0 Å². The lowest BCUT2D eigenvalue weighted by Crippen LogP contribution is -2.42. The molecule has 4 rings (SSSR count). The second-order valence-electron chi connectivity index (χ2n) is 8.75. The molecule has 2 aliphatic heterocycles. The fourth-order valence-electron chi connectivity index (χ4n) is 4.81. The number of fused-ring (bicyclic) bond motifs is 1. The first-order chi connectivity index (χ1) is 15.3. The Bertz CT molecular complexity index is 1010. The molecule has 0 bridgehead atoms. The molecule has 172 valence electrons. The number of benzene rings is 2. The van der Waals surface area contributed by atoms with E-state index in [0.29, 0.717) is 24.3 Å². The second kappa shape index (κ2) is 8.69. The van der Waals surface area contributed by atoms with E-state index in [1.807, 2.05) is 31.2 Å². The highest BCUT2D eigenvalue weighted by molar-refractivity contribution is 5.94. The van der Waals surface area contributed by atoms with E-state index in [0.717, 1.165) is 16.1 Å². The number of carbonyl (C=O) groups is 1. The van der Waals surface area contributed by atoms with Crippen molar-refractivity contribution in [2.45, 2.75) is 51.9 Å². The normalized spacial score (nSPS) is 23.3. The number of likely N-dealkylation sites (N-methyl/N-ethyl adjacent to an activating group) is 1. The molecular weight excluding hydrogens is 411 g/mol.